The van der Waals surface area contributed by atoms with Crippen molar-refractivity contribution in [3.63, 3.8) is 0 Å². The highest BCUT2D eigenvalue weighted by molar-refractivity contribution is 7.89. The quantitative estimate of drug-likeness (QED) is 0.841. The number of nitrogen functional groups attached to an aromatic ring is 1. The molecule has 3 N–H and O–H groups in total. The molecule has 106 valence electrons. The molecule has 0 aromatic carbocycles. The monoisotopic (exact) mass is 294 g/mol. The molecule has 1 unspecified atom stereocenters. The van der Waals surface area contributed by atoms with Crippen LogP contribution in [0.4, 0.5) is 5.95 Å². The van der Waals surface area contributed by atoms with Gasteiger partial charge in [0.05, 0.1) is 17.9 Å². The van der Waals surface area contributed by atoms with E-state index in [-0.39, 0.29) is 16.9 Å². The van der Waals surface area contributed by atoms with Crippen molar-refractivity contribution in [3.05, 3.63) is 30.4 Å². The average molecular weight is 294 g/mol. The molecule has 1 aliphatic rings. The van der Waals surface area contributed by atoms with Gasteiger partial charge in [0.15, 0.2) is 0 Å². The van der Waals surface area contributed by atoms with E-state index in [1.807, 2.05) is 0 Å². The number of nitrogens with zero attached hydrogens (tertiary/aromatic N) is 4. The third-order valence-electron chi connectivity index (χ3n) is 3.32. The van der Waals surface area contributed by atoms with Crippen molar-refractivity contribution in [2.45, 2.75) is 23.8 Å². The van der Waals surface area contributed by atoms with Gasteiger partial charge in [0, 0.05) is 18.9 Å². The highest BCUT2D eigenvalue weighted by atomic mass is 32.2. The molecule has 0 spiro atoms. The van der Waals surface area contributed by atoms with Crippen molar-refractivity contribution < 1.29 is 8.42 Å². The first-order chi connectivity index (χ1) is 9.59. The summed E-state index contributed by atoms with van der Waals surface area (Å²) in [7, 11) is -3.57. The van der Waals surface area contributed by atoms with Gasteiger partial charge in [-0.2, -0.15) is 9.40 Å². The summed E-state index contributed by atoms with van der Waals surface area (Å²) in [5.74, 6) is 0.148. The Morgan fingerprint density at radius 3 is 3.00 bits per heavy atom. The summed E-state index contributed by atoms with van der Waals surface area (Å²) in [4.78, 5) is 8.13. The van der Waals surface area contributed by atoms with E-state index in [1.54, 1.807) is 12.3 Å². The van der Waals surface area contributed by atoms with Gasteiger partial charge in [0.2, 0.25) is 16.0 Å². The summed E-state index contributed by atoms with van der Waals surface area (Å²) >= 11 is 0. The van der Waals surface area contributed by atoms with E-state index in [0.717, 1.165) is 6.42 Å². The molecule has 1 aliphatic heterocycles. The lowest BCUT2D eigenvalue weighted by atomic mass is 10.1. The van der Waals surface area contributed by atoms with Crippen molar-refractivity contribution in [2.75, 3.05) is 12.3 Å². The first-order valence-electron chi connectivity index (χ1n) is 6.18. The van der Waals surface area contributed by atoms with E-state index in [1.165, 1.54) is 16.7 Å². The van der Waals surface area contributed by atoms with Crippen molar-refractivity contribution in [1.29, 1.82) is 0 Å². The number of nitrogens with two attached hydrogens (primary N) is 1. The smallest absolute Gasteiger partial charge is 0.246 e. The van der Waals surface area contributed by atoms with Gasteiger partial charge in [-0.25, -0.2) is 18.4 Å². The van der Waals surface area contributed by atoms with Gasteiger partial charge < -0.3 is 5.73 Å². The summed E-state index contributed by atoms with van der Waals surface area (Å²) in [5.41, 5.74) is 6.20. The van der Waals surface area contributed by atoms with Gasteiger partial charge >= 0.3 is 0 Å². The number of anilines is 1. The van der Waals surface area contributed by atoms with Crippen LogP contribution in [0, 0.1) is 0 Å². The maximum atomic E-state index is 12.6. The lowest BCUT2D eigenvalue weighted by molar-refractivity contribution is 0.390. The maximum Gasteiger partial charge on any atom is 0.246 e. The summed E-state index contributed by atoms with van der Waals surface area (Å²) in [5, 5.41) is 6.22. The Morgan fingerprint density at radius 2 is 2.30 bits per heavy atom. The Balaban J connectivity index is 1.98. The van der Waals surface area contributed by atoms with Crippen LogP contribution in [-0.2, 0) is 10.0 Å². The van der Waals surface area contributed by atoms with Crippen LogP contribution in [0.25, 0.3) is 0 Å². The minimum absolute atomic E-state index is 0.148. The van der Waals surface area contributed by atoms with E-state index in [4.69, 9.17) is 5.73 Å². The summed E-state index contributed by atoms with van der Waals surface area (Å²) < 4.78 is 26.6. The maximum absolute atomic E-state index is 12.6. The first-order valence-corrected chi connectivity index (χ1v) is 7.62. The van der Waals surface area contributed by atoms with Crippen LogP contribution >= 0.6 is 0 Å². The van der Waals surface area contributed by atoms with E-state index < -0.39 is 10.0 Å². The fourth-order valence-electron chi connectivity index (χ4n) is 2.41. The Kier molecular flexibility index (Phi) is 3.14. The number of aromatic nitrogens is 4. The lowest BCUT2D eigenvalue weighted by Gasteiger charge is -2.22. The van der Waals surface area contributed by atoms with Crippen LogP contribution in [0.5, 0.6) is 0 Å². The predicted octanol–water partition coefficient (Wildman–Crippen LogP) is 0.308. The van der Waals surface area contributed by atoms with Gasteiger partial charge in [-0.15, -0.1) is 0 Å². The standard InChI is InChI=1S/C11H14N6O2S/c12-11-13-4-3-9(16-11)10-2-1-5-17(10)20(18,19)8-6-14-15-7-8/h3-4,6-7,10H,1-2,5H2,(H,14,15)(H2,12,13,16). The minimum Gasteiger partial charge on any atom is -0.368 e. The molecule has 0 radical (unpaired) electrons. The van der Waals surface area contributed by atoms with Gasteiger partial charge in [0.25, 0.3) is 0 Å². The molecule has 9 heteroatoms. The molecule has 20 heavy (non-hydrogen) atoms. The van der Waals surface area contributed by atoms with Gasteiger partial charge in [-0.05, 0) is 18.9 Å². The highest BCUT2D eigenvalue weighted by Gasteiger charge is 2.37. The molecular weight excluding hydrogens is 280 g/mol. The zero-order chi connectivity index (χ0) is 14.2. The summed E-state index contributed by atoms with van der Waals surface area (Å²) in [6, 6.07) is 1.39. The highest BCUT2D eigenvalue weighted by Crippen LogP contribution is 2.35. The molecule has 2 aromatic heterocycles. The Labute approximate surface area is 116 Å². The van der Waals surface area contributed by atoms with Gasteiger partial charge in [-0.1, -0.05) is 0 Å². The largest absolute Gasteiger partial charge is 0.368 e. The van der Waals surface area contributed by atoms with Crippen molar-refractivity contribution in [2.24, 2.45) is 0 Å². The predicted molar refractivity (Wildman–Crippen MR) is 70.9 cm³/mol. The van der Waals surface area contributed by atoms with Crippen LogP contribution in [-0.4, -0.2) is 39.4 Å². The normalized spacial score (nSPS) is 20.3. The zero-order valence-electron chi connectivity index (χ0n) is 10.6. The molecule has 3 rings (SSSR count). The van der Waals surface area contributed by atoms with E-state index >= 15 is 0 Å². The molecule has 1 saturated heterocycles. The van der Waals surface area contributed by atoms with E-state index in [9.17, 15) is 8.42 Å². The molecule has 1 atom stereocenters. The summed E-state index contributed by atoms with van der Waals surface area (Å²) in [6.45, 7) is 0.460. The SMILES string of the molecule is Nc1nccc(C2CCCN2S(=O)(=O)c2cn[nH]c2)n1. The molecule has 8 nitrogen and oxygen atoms in total. The van der Waals surface area contributed by atoms with Crippen molar-refractivity contribution >= 4 is 16.0 Å². The number of H-pyrrole nitrogens is 1. The van der Waals surface area contributed by atoms with Crippen LogP contribution in [0.1, 0.15) is 24.6 Å². The molecular formula is C11H14N6O2S. The van der Waals surface area contributed by atoms with E-state index in [2.05, 4.69) is 20.2 Å². The number of aromatic amines is 1. The minimum atomic E-state index is -3.57. The Morgan fingerprint density at radius 1 is 1.45 bits per heavy atom. The Bertz CT molecular complexity index is 699. The number of hydrogen-bond acceptors (Lipinski definition) is 6. The lowest BCUT2D eigenvalue weighted by Crippen LogP contribution is -2.31. The number of sulfonamides is 1. The van der Waals surface area contributed by atoms with Crippen molar-refractivity contribution in [1.82, 2.24) is 24.5 Å². The topological polar surface area (TPSA) is 118 Å². The third kappa shape index (κ3) is 2.14. The number of hydrogen-bond donors (Lipinski definition) is 2. The third-order valence-corrected chi connectivity index (χ3v) is 5.19. The van der Waals surface area contributed by atoms with Crippen LogP contribution in [0.2, 0.25) is 0 Å². The Hall–Kier alpha value is -2.00. The second kappa shape index (κ2) is 4.84. The van der Waals surface area contributed by atoms with Gasteiger partial charge in [0.1, 0.15) is 4.90 Å². The zero-order valence-corrected chi connectivity index (χ0v) is 11.4. The molecule has 2 aromatic rings. The molecule has 0 saturated carbocycles. The van der Waals surface area contributed by atoms with Gasteiger partial charge in [-0.3, -0.25) is 5.10 Å². The second-order valence-electron chi connectivity index (χ2n) is 4.55. The molecule has 0 bridgehead atoms. The average Bonchev–Trinajstić information content (AvgIpc) is 3.11. The fourth-order valence-corrected chi connectivity index (χ4v) is 3.99. The molecule has 0 aliphatic carbocycles. The summed E-state index contributed by atoms with van der Waals surface area (Å²) in [6.07, 6.45) is 5.72. The molecule has 0 amide bonds. The molecule has 3 heterocycles. The fraction of sp³-hybridized carbons (Fsp3) is 0.364. The van der Waals surface area contributed by atoms with Crippen LogP contribution in [0.15, 0.2) is 29.6 Å². The first kappa shape index (κ1) is 13.0. The van der Waals surface area contributed by atoms with E-state index in [0.29, 0.717) is 18.7 Å². The number of nitrogens with one attached hydrogen (secondary N) is 1. The van der Waals surface area contributed by atoms with Crippen molar-refractivity contribution in [3.8, 4) is 0 Å². The van der Waals surface area contributed by atoms with Crippen LogP contribution < -0.4 is 5.73 Å². The number of rotatable bonds is 3. The molecule has 1 fully saturated rings. The van der Waals surface area contributed by atoms with Crippen LogP contribution in [0.3, 0.4) is 0 Å². The second-order valence-corrected chi connectivity index (χ2v) is 6.44.